The van der Waals surface area contributed by atoms with Crippen molar-refractivity contribution < 1.29 is 52.2 Å². The first-order chi connectivity index (χ1) is 29.5. The Bertz CT molecular complexity index is 1790. The topological polar surface area (TPSA) is 117 Å². The van der Waals surface area contributed by atoms with E-state index in [4.69, 9.17) is 42.6 Å². The quantitative estimate of drug-likeness (QED) is 0.0333. The minimum absolute atomic E-state index is 0.224. The Hall–Kier alpha value is -4.52. The molecule has 0 aliphatic carbocycles. The maximum Gasteiger partial charge on any atom is 0.330 e. The van der Waals surface area contributed by atoms with Crippen molar-refractivity contribution in [3.8, 4) is 11.5 Å². The minimum Gasteiger partial charge on any atom is -0.497 e. The molecule has 0 unspecified atom stereocenters. The van der Waals surface area contributed by atoms with E-state index in [1.54, 1.807) is 21.3 Å². The maximum atomic E-state index is 13.7. The van der Waals surface area contributed by atoms with Crippen molar-refractivity contribution in [3.05, 3.63) is 119 Å². The van der Waals surface area contributed by atoms with Gasteiger partial charge < -0.3 is 42.6 Å². The molecule has 1 fully saturated rings. The smallest absolute Gasteiger partial charge is 0.330 e. The van der Waals surface area contributed by atoms with Gasteiger partial charge in [0.25, 0.3) is 0 Å². The number of carbonyl (C=O) groups is 2. The van der Waals surface area contributed by atoms with Crippen LogP contribution >= 0.6 is 0 Å². The van der Waals surface area contributed by atoms with Gasteiger partial charge in [0.2, 0.25) is 5.79 Å². The highest BCUT2D eigenvalue weighted by Crippen LogP contribution is 2.49. The average Bonchev–Trinajstić information content (AvgIpc) is 3.27. The van der Waals surface area contributed by atoms with Crippen LogP contribution in [0.15, 0.2) is 103 Å². The van der Waals surface area contributed by atoms with Crippen LogP contribution in [-0.2, 0) is 62.6 Å². The summed E-state index contributed by atoms with van der Waals surface area (Å²) in [5.41, 5.74) is 2.58. The van der Waals surface area contributed by atoms with E-state index in [-0.39, 0.29) is 18.9 Å². The second-order valence-electron chi connectivity index (χ2n) is 16.0. The highest BCUT2D eigenvalue weighted by atomic mass is 16.7. The molecule has 0 N–H and O–H groups in total. The van der Waals surface area contributed by atoms with Crippen LogP contribution < -0.4 is 9.47 Å². The third-order valence-corrected chi connectivity index (χ3v) is 11.1. The van der Waals surface area contributed by atoms with Gasteiger partial charge >= 0.3 is 11.9 Å². The Morgan fingerprint density at radius 2 is 1.41 bits per heavy atom. The molecule has 1 aliphatic heterocycles. The van der Waals surface area contributed by atoms with Crippen LogP contribution in [0.25, 0.3) is 0 Å². The molecule has 61 heavy (non-hydrogen) atoms. The van der Waals surface area contributed by atoms with Gasteiger partial charge in [-0.1, -0.05) is 113 Å². The lowest BCUT2D eigenvalue weighted by Crippen LogP contribution is -2.63. The highest BCUT2D eigenvalue weighted by Gasteiger charge is 2.59. The van der Waals surface area contributed by atoms with Crippen molar-refractivity contribution in [1.82, 2.24) is 0 Å². The molecular weight excluding hydrogens is 777 g/mol. The van der Waals surface area contributed by atoms with Crippen LogP contribution in [-0.4, -0.2) is 77.2 Å². The summed E-state index contributed by atoms with van der Waals surface area (Å²) in [6, 6.07) is 25.4. The van der Waals surface area contributed by atoms with Crippen molar-refractivity contribution >= 4 is 11.9 Å². The van der Waals surface area contributed by atoms with E-state index >= 15 is 0 Å². The van der Waals surface area contributed by atoms with E-state index in [2.05, 4.69) is 6.92 Å². The van der Waals surface area contributed by atoms with Crippen molar-refractivity contribution in [2.75, 3.05) is 35.0 Å². The van der Waals surface area contributed by atoms with Crippen molar-refractivity contribution in [2.24, 2.45) is 5.41 Å². The number of ether oxygens (including phenoxy) is 9. The van der Waals surface area contributed by atoms with Gasteiger partial charge in [-0.15, -0.1) is 0 Å². The predicted molar refractivity (Wildman–Crippen MR) is 235 cm³/mol. The summed E-state index contributed by atoms with van der Waals surface area (Å²) in [5.74, 6) is -1.03. The molecule has 1 aliphatic rings. The molecule has 11 nitrogen and oxygen atoms in total. The van der Waals surface area contributed by atoms with Gasteiger partial charge in [0.05, 0.1) is 66.1 Å². The van der Waals surface area contributed by atoms with Gasteiger partial charge in [0.1, 0.15) is 11.5 Å². The molecular formula is C50H68O11. The lowest BCUT2D eigenvalue weighted by atomic mass is 9.74. The lowest BCUT2D eigenvalue weighted by Gasteiger charge is -2.53. The minimum atomic E-state index is -1.59. The zero-order valence-corrected chi connectivity index (χ0v) is 37.5. The largest absolute Gasteiger partial charge is 0.497 e. The monoisotopic (exact) mass is 844 g/mol. The molecule has 11 heteroatoms. The second-order valence-corrected chi connectivity index (χ2v) is 16.0. The number of carbonyl (C=O) groups excluding carboxylic acids is 2. The molecule has 0 aromatic heterocycles. The van der Waals surface area contributed by atoms with E-state index < -0.39 is 41.5 Å². The summed E-state index contributed by atoms with van der Waals surface area (Å²) in [6.07, 6.45) is 8.48. The van der Waals surface area contributed by atoms with Gasteiger partial charge in [0.15, 0.2) is 6.10 Å². The maximum absolute atomic E-state index is 13.7. The normalized spacial score (nSPS) is 19.7. The number of benzene rings is 3. The van der Waals surface area contributed by atoms with Gasteiger partial charge in [-0.2, -0.15) is 0 Å². The number of rotatable bonds is 26. The molecule has 0 amide bonds. The van der Waals surface area contributed by atoms with Crippen LogP contribution in [0, 0.1) is 5.41 Å². The van der Waals surface area contributed by atoms with Crippen molar-refractivity contribution in [2.45, 2.75) is 129 Å². The first kappa shape index (κ1) is 49.1. The number of hydrogen-bond acceptors (Lipinski definition) is 11. The van der Waals surface area contributed by atoms with Crippen LogP contribution in [0.3, 0.4) is 0 Å². The molecule has 5 atom stereocenters. The van der Waals surface area contributed by atoms with Crippen LogP contribution in [0.2, 0.25) is 0 Å². The molecule has 0 saturated carbocycles. The summed E-state index contributed by atoms with van der Waals surface area (Å²) in [7, 11) is 6.14. The van der Waals surface area contributed by atoms with E-state index in [1.807, 2.05) is 112 Å². The molecule has 0 bridgehead atoms. The van der Waals surface area contributed by atoms with Crippen LogP contribution in [0.4, 0.5) is 0 Å². The third-order valence-electron chi connectivity index (χ3n) is 11.1. The molecule has 1 heterocycles. The van der Waals surface area contributed by atoms with Crippen molar-refractivity contribution in [3.63, 3.8) is 0 Å². The summed E-state index contributed by atoms with van der Waals surface area (Å²) in [4.78, 5) is 26.8. The number of unbranched alkanes of at least 4 members (excludes halogenated alkanes) is 4. The summed E-state index contributed by atoms with van der Waals surface area (Å²) in [5, 5.41) is 0. The average molecular weight is 845 g/mol. The van der Waals surface area contributed by atoms with E-state index in [9.17, 15) is 9.59 Å². The SMILES string of the molecule is CCCCCCCC(=O)O[C@H]1C(=CC(=O)OC)C[C@@H](C[C@@H](OCc2ccc(OC)cc2)[C@@H](C)OCc2ccccc2)O[C@@]1(OC)C(C)(C)C=CCOCc1ccc(OC)cc1. The van der Waals surface area contributed by atoms with E-state index in [0.29, 0.717) is 44.8 Å². The second kappa shape index (κ2) is 25.4. The fraction of sp³-hybridized carbons (Fsp3) is 0.520. The zero-order valence-electron chi connectivity index (χ0n) is 37.5. The van der Waals surface area contributed by atoms with Gasteiger partial charge in [-0.3, -0.25) is 4.79 Å². The summed E-state index contributed by atoms with van der Waals surface area (Å²) in [6.45, 7) is 9.46. The standard InChI is InChI=1S/C50H68O11/c1-9-10-11-12-16-20-46(51)60-48-41(32-47(52)55-7)31-44(61-50(48,56-8)49(3,4)29-17-30-57-34-39-21-25-42(53-5)26-22-39)33-45(37(2)58-35-38-18-14-13-15-19-38)59-36-40-23-27-43(54-6)28-24-40/h13-15,17-19,21-29,32,37,44-45,48H,9-12,16,20,30-31,33-36H2,1-8H3/t37-,44+,45-,48+,50-/m1/s1. The first-order valence-electron chi connectivity index (χ1n) is 21.5. The Balaban J connectivity index is 1.66. The Kier molecular flexibility index (Phi) is 20.5. The molecule has 0 spiro atoms. The van der Waals surface area contributed by atoms with Gasteiger partial charge in [0, 0.05) is 31.4 Å². The lowest BCUT2D eigenvalue weighted by molar-refractivity contribution is -0.339. The Morgan fingerprint density at radius 3 is 2.02 bits per heavy atom. The first-order valence-corrected chi connectivity index (χ1v) is 21.5. The fourth-order valence-electron chi connectivity index (χ4n) is 7.48. The number of esters is 2. The fourth-order valence-corrected chi connectivity index (χ4v) is 7.48. The molecule has 3 aromatic carbocycles. The van der Waals surface area contributed by atoms with E-state index in [0.717, 1.165) is 53.9 Å². The molecule has 1 saturated heterocycles. The predicted octanol–water partition coefficient (Wildman–Crippen LogP) is 9.89. The number of hydrogen-bond donors (Lipinski definition) is 0. The van der Waals surface area contributed by atoms with Gasteiger partial charge in [-0.25, -0.2) is 4.79 Å². The van der Waals surface area contributed by atoms with Crippen molar-refractivity contribution in [1.29, 1.82) is 0 Å². The van der Waals surface area contributed by atoms with E-state index in [1.165, 1.54) is 13.2 Å². The zero-order chi connectivity index (χ0) is 44.1. The van der Waals surface area contributed by atoms with Crippen LogP contribution in [0.1, 0.15) is 95.8 Å². The summed E-state index contributed by atoms with van der Waals surface area (Å²) >= 11 is 0. The Labute approximate surface area is 363 Å². The highest BCUT2D eigenvalue weighted by molar-refractivity contribution is 5.83. The number of methoxy groups -OCH3 is 4. The molecule has 4 rings (SSSR count). The molecule has 3 aromatic rings. The summed E-state index contributed by atoms with van der Waals surface area (Å²) < 4.78 is 54.9. The molecule has 0 radical (unpaired) electrons. The Morgan fingerprint density at radius 1 is 0.803 bits per heavy atom. The third kappa shape index (κ3) is 15.1. The van der Waals surface area contributed by atoms with Crippen LogP contribution in [0.5, 0.6) is 11.5 Å². The molecule has 334 valence electrons. The van der Waals surface area contributed by atoms with Gasteiger partial charge in [-0.05, 0) is 66.3 Å².